The van der Waals surface area contributed by atoms with Gasteiger partial charge in [0.2, 0.25) is 0 Å². The molecule has 2 amide bonds. The van der Waals surface area contributed by atoms with Gasteiger partial charge in [-0.1, -0.05) is 48.0 Å². The van der Waals surface area contributed by atoms with Gasteiger partial charge in [-0.3, -0.25) is 9.59 Å². The zero-order valence-electron chi connectivity index (χ0n) is 15.1. The summed E-state index contributed by atoms with van der Waals surface area (Å²) in [5, 5.41) is 6.65. The normalized spacial score (nSPS) is 15.6. The highest BCUT2D eigenvalue weighted by Crippen LogP contribution is 2.32. The summed E-state index contributed by atoms with van der Waals surface area (Å²) in [4.78, 5) is 26.9. The minimum atomic E-state index is -0.334. The molecule has 0 saturated heterocycles. The van der Waals surface area contributed by atoms with Crippen molar-refractivity contribution in [1.29, 1.82) is 0 Å². The van der Waals surface area contributed by atoms with E-state index in [4.69, 9.17) is 11.6 Å². The van der Waals surface area contributed by atoms with Crippen LogP contribution in [0.5, 0.6) is 0 Å². The van der Waals surface area contributed by atoms with Crippen LogP contribution in [-0.4, -0.2) is 23.8 Å². The molecule has 0 spiro atoms. The van der Waals surface area contributed by atoms with Crippen molar-refractivity contribution in [3.8, 4) is 0 Å². The lowest BCUT2D eigenvalue weighted by Crippen LogP contribution is -2.40. The third kappa shape index (κ3) is 3.32. The van der Waals surface area contributed by atoms with Crippen LogP contribution in [0.15, 0.2) is 72.8 Å². The van der Waals surface area contributed by atoms with Gasteiger partial charge < -0.3 is 15.5 Å². The molecule has 0 radical (unpaired) electrons. The summed E-state index contributed by atoms with van der Waals surface area (Å²) < 4.78 is 0. The summed E-state index contributed by atoms with van der Waals surface area (Å²) in [6.07, 6.45) is -0.334. The predicted octanol–water partition coefficient (Wildman–Crippen LogP) is 4.79. The van der Waals surface area contributed by atoms with Gasteiger partial charge in [0.05, 0.1) is 16.1 Å². The Morgan fingerprint density at radius 1 is 1.04 bits per heavy atom. The molecule has 6 heteroatoms. The number of halogens is 1. The van der Waals surface area contributed by atoms with Crippen LogP contribution in [-0.2, 0) is 0 Å². The Labute approximate surface area is 167 Å². The molecule has 3 aromatic rings. The molecule has 0 aliphatic carbocycles. The average molecular weight is 392 g/mol. The van der Waals surface area contributed by atoms with E-state index < -0.39 is 0 Å². The van der Waals surface area contributed by atoms with Crippen LogP contribution in [0.3, 0.4) is 0 Å². The molecule has 0 fully saturated rings. The molecule has 1 heterocycles. The number of rotatable bonds is 3. The van der Waals surface area contributed by atoms with Crippen molar-refractivity contribution in [2.24, 2.45) is 0 Å². The summed E-state index contributed by atoms with van der Waals surface area (Å²) in [7, 11) is 1.75. The molecule has 0 saturated carbocycles. The van der Waals surface area contributed by atoms with E-state index >= 15 is 0 Å². The van der Waals surface area contributed by atoms with Gasteiger partial charge in [0.15, 0.2) is 0 Å². The Morgan fingerprint density at radius 2 is 1.79 bits per heavy atom. The van der Waals surface area contributed by atoms with Crippen LogP contribution in [0, 0.1) is 0 Å². The van der Waals surface area contributed by atoms with E-state index in [-0.39, 0.29) is 18.0 Å². The Balaban J connectivity index is 1.60. The highest BCUT2D eigenvalue weighted by atomic mass is 35.5. The Morgan fingerprint density at radius 3 is 2.61 bits per heavy atom. The minimum absolute atomic E-state index is 0.0511. The first kappa shape index (κ1) is 18.1. The van der Waals surface area contributed by atoms with E-state index in [0.29, 0.717) is 21.8 Å². The van der Waals surface area contributed by atoms with Crippen LogP contribution in [0.4, 0.5) is 11.4 Å². The number of anilines is 2. The first-order valence-electron chi connectivity index (χ1n) is 8.83. The van der Waals surface area contributed by atoms with Gasteiger partial charge in [-0.25, -0.2) is 0 Å². The third-order valence-electron chi connectivity index (χ3n) is 4.74. The summed E-state index contributed by atoms with van der Waals surface area (Å²) >= 11 is 6.11. The number of fused-ring (bicyclic) bond motifs is 1. The minimum Gasteiger partial charge on any atom is -0.361 e. The summed E-state index contributed by atoms with van der Waals surface area (Å²) in [5.74, 6) is -0.334. The van der Waals surface area contributed by atoms with E-state index in [1.165, 1.54) is 0 Å². The second kappa shape index (κ2) is 7.37. The monoisotopic (exact) mass is 391 g/mol. The van der Waals surface area contributed by atoms with Gasteiger partial charge >= 0.3 is 0 Å². The van der Waals surface area contributed by atoms with Crippen LogP contribution in [0.1, 0.15) is 32.4 Å². The van der Waals surface area contributed by atoms with Crippen LogP contribution < -0.4 is 10.6 Å². The van der Waals surface area contributed by atoms with Gasteiger partial charge in [0.1, 0.15) is 6.17 Å². The van der Waals surface area contributed by atoms with Crippen LogP contribution in [0.25, 0.3) is 0 Å². The Kier molecular flexibility index (Phi) is 4.75. The molecular weight excluding hydrogens is 374 g/mol. The first-order valence-corrected chi connectivity index (χ1v) is 9.21. The third-order valence-corrected chi connectivity index (χ3v) is 5.07. The number of benzene rings is 3. The number of nitrogens with zero attached hydrogens (tertiary/aromatic N) is 1. The van der Waals surface area contributed by atoms with Crippen molar-refractivity contribution < 1.29 is 9.59 Å². The van der Waals surface area contributed by atoms with E-state index in [1.807, 2.05) is 36.4 Å². The molecule has 0 bridgehead atoms. The van der Waals surface area contributed by atoms with E-state index in [9.17, 15) is 9.59 Å². The summed E-state index contributed by atoms with van der Waals surface area (Å²) in [5.41, 5.74) is 3.34. The lowest BCUT2D eigenvalue weighted by atomic mass is 10.0. The van der Waals surface area contributed by atoms with E-state index in [2.05, 4.69) is 10.6 Å². The van der Waals surface area contributed by atoms with Crippen molar-refractivity contribution in [2.45, 2.75) is 6.17 Å². The Bertz CT molecular complexity index is 1070. The molecule has 0 unspecified atom stereocenters. The zero-order valence-corrected chi connectivity index (χ0v) is 15.9. The number of carbonyl (C=O) groups excluding carboxylic acids is 2. The summed E-state index contributed by atoms with van der Waals surface area (Å²) in [6, 6.07) is 21.7. The lowest BCUT2D eigenvalue weighted by molar-refractivity contribution is 0.0735. The smallest absolute Gasteiger partial charge is 0.257 e. The SMILES string of the molecule is CN1C(=O)c2ccccc2N[C@@H]1c1cccc(NC(=O)c2ccccc2Cl)c1. The van der Waals surface area contributed by atoms with Crippen molar-refractivity contribution >= 4 is 34.8 Å². The number of amides is 2. The maximum absolute atomic E-state index is 12.7. The molecule has 3 aromatic carbocycles. The first-order chi connectivity index (χ1) is 13.5. The second-order valence-electron chi connectivity index (χ2n) is 6.57. The highest BCUT2D eigenvalue weighted by molar-refractivity contribution is 6.34. The van der Waals surface area contributed by atoms with Gasteiger partial charge in [-0.15, -0.1) is 0 Å². The van der Waals surface area contributed by atoms with Crippen molar-refractivity contribution in [2.75, 3.05) is 17.7 Å². The molecule has 140 valence electrons. The molecule has 5 nitrogen and oxygen atoms in total. The van der Waals surface area contributed by atoms with Gasteiger partial charge in [-0.05, 0) is 42.0 Å². The number of hydrogen-bond acceptors (Lipinski definition) is 3. The largest absolute Gasteiger partial charge is 0.361 e. The fourth-order valence-electron chi connectivity index (χ4n) is 3.28. The van der Waals surface area contributed by atoms with Crippen LogP contribution >= 0.6 is 11.6 Å². The molecule has 0 aromatic heterocycles. The van der Waals surface area contributed by atoms with Gasteiger partial charge in [-0.2, -0.15) is 0 Å². The maximum atomic E-state index is 12.7. The highest BCUT2D eigenvalue weighted by Gasteiger charge is 2.30. The second-order valence-corrected chi connectivity index (χ2v) is 6.98. The molecule has 1 atom stereocenters. The van der Waals surface area contributed by atoms with Crippen LogP contribution in [0.2, 0.25) is 5.02 Å². The standard InChI is InChI=1S/C22H18ClN3O2/c1-26-20(25-19-12-5-3-10-17(19)22(26)28)14-7-6-8-15(13-14)24-21(27)16-9-2-4-11-18(16)23/h2-13,20,25H,1H3,(H,24,27)/t20-/m0/s1. The number of para-hydroxylation sites is 1. The molecule has 1 aliphatic rings. The lowest BCUT2D eigenvalue weighted by Gasteiger charge is -2.35. The Hall–Kier alpha value is -3.31. The molecular formula is C22H18ClN3O2. The van der Waals surface area contributed by atoms with E-state index in [0.717, 1.165) is 11.3 Å². The number of hydrogen-bond donors (Lipinski definition) is 2. The quantitative estimate of drug-likeness (QED) is 0.674. The molecule has 4 rings (SSSR count). The molecule has 1 aliphatic heterocycles. The van der Waals surface area contributed by atoms with Crippen molar-refractivity contribution in [1.82, 2.24) is 4.90 Å². The van der Waals surface area contributed by atoms with Crippen molar-refractivity contribution in [3.63, 3.8) is 0 Å². The average Bonchev–Trinajstić information content (AvgIpc) is 2.71. The number of nitrogens with one attached hydrogen (secondary N) is 2. The van der Waals surface area contributed by atoms with Gasteiger partial charge in [0.25, 0.3) is 11.8 Å². The fourth-order valence-corrected chi connectivity index (χ4v) is 3.51. The number of carbonyl (C=O) groups is 2. The summed E-state index contributed by atoms with van der Waals surface area (Å²) in [6.45, 7) is 0. The molecule has 2 N–H and O–H groups in total. The van der Waals surface area contributed by atoms with Gasteiger partial charge in [0, 0.05) is 18.4 Å². The van der Waals surface area contributed by atoms with E-state index in [1.54, 1.807) is 48.3 Å². The molecule has 28 heavy (non-hydrogen) atoms. The van der Waals surface area contributed by atoms with Crippen molar-refractivity contribution in [3.05, 3.63) is 94.5 Å². The maximum Gasteiger partial charge on any atom is 0.257 e. The predicted molar refractivity (Wildman–Crippen MR) is 111 cm³/mol. The topological polar surface area (TPSA) is 61.4 Å². The fraction of sp³-hybridized carbons (Fsp3) is 0.0909. The zero-order chi connectivity index (χ0) is 19.7.